The molecule has 8 heteroatoms. The minimum atomic E-state index is -0.193. The summed E-state index contributed by atoms with van der Waals surface area (Å²) in [7, 11) is 3.00. The molecule has 0 aromatic heterocycles. The Kier molecular flexibility index (Phi) is 7.21. The average molecular weight is 416 g/mol. The maximum atomic E-state index is 14.1. The van der Waals surface area contributed by atoms with E-state index in [1.54, 1.807) is 18.2 Å². The molecule has 0 aliphatic carbocycles. The number of rotatable bonds is 6. The van der Waals surface area contributed by atoms with Gasteiger partial charge in [0.05, 0.1) is 26.5 Å². The van der Waals surface area contributed by atoms with Crippen molar-refractivity contribution >= 4 is 11.6 Å². The minimum Gasteiger partial charge on any atom is -0.502 e. The van der Waals surface area contributed by atoms with Gasteiger partial charge in [-0.25, -0.2) is 9.38 Å². The van der Waals surface area contributed by atoms with Crippen molar-refractivity contribution in [3.63, 3.8) is 0 Å². The minimum absolute atomic E-state index is 0.0242. The first-order chi connectivity index (χ1) is 14.6. The number of para-hydroxylation sites is 1. The third kappa shape index (κ3) is 4.87. The van der Waals surface area contributed by atoms with E-state index in [1.807, 2.05) is 19.1 Å². The quantitative estimate of drug-likeness (QED) is 0.558. The number of ether oxygens (including phenoxy) is 2. The molecular weight excluding hydrogens is 387 g/mol. The molecule has 0 saturated carbocycles. The van der Waals surface area contributed by atoms with Crippen LogP contribution in [0.4, 0.5) is 10.1 Å². The molecule has 0 spiro atoms. The molecule has 3 rings (SSSR count). The van der Waals surface area contributed by atoms with Crippen LogP contribution < -0.4 is 19.7 Å². The van der Waals surface area contributed by atoms with Gasteiger partial charge in [0.25, 0.3) is 0 Å². The molecule has 162 valence electrons. The fourth-order valence-electron chi connectivity index (χ4n) is 3.50. The Hall–Kier alpha value is -3.16. The smallest absolute Gasteiger partial charge is 0.200 e. The standard InChI is InChI=1S/C22H29FN4O3/c1-4-24-22(25-15-16-13-19(29-2)21(28)20(14-16)30-3)27-11-9-26(10-12-27)18-8-6-5-7-17(18)23/h5-8,13-14,28H,4,9-12,15H2,1-3H3,(H,24,25). The van der Waals surface area contributed by atoms with Crippen LogP contribution in [0.5, 0.6) is 17.2 Å². The summed E-state index contributed by atoms with van der Waals surface area (Å²) < 4.78 is 24.5. The largest absolute Gasteiger partial charge is 0.502 e. The molecule has 0 atom stereocenters. The lowest BCUT2D eigenvalue weighted by molar-refractivity contribution is 0.339. The molecule has 1 aliphatic heterocycles. The molecule has 1 aliphatic rings. The third-order valence-electron chi connectivity index (χ3n) is 5.06. The summed E-state index contributed by atoms with van der Waals surface area (Å²) in [5.74, 6) is 1.29. The number of anilines is 1. The van der Waals surface area contributed by atoms with Gasteiger partial charge in [-0.2, -0.15) is 0 Å². The van der Waals surface area contributed by atoms with Crippen LogP contribution in [-0.2, 0) is 6.54 Å². The molecule has 0 unspecified atom stereocenters. The van der Waals surface area contributed by atoms with Crippen molar-refractivity contribution in [2.24, 2.45) is 4.99 Å². The fraction of sp³-hybridized carbons (Fsp3) is 0.409. The van der Waals surface area contributed by atoms with Crippen LogP contribution in [0.3, 0.4) is 0 Å². The average Bonchev–Trinajstić information content (AvgIpc) is 2.78. The lowest BCUT2D eigenvalue weighted by Crippen LogP contribution is -2.52. The van der Waals surface area contributed by atoms with Crippen molar-refractivity contribution in [1.82, 2.24) is 10.2 Å². The fourth-order valence-corrected chi connectivity index (χ4v) is 3.50. The molecule has 0 radical (unpaired) electrons. The first-order valence-corrected chi connectivity index (χ1v) is 10.0. The number of phenolic OH excluding ortho intramolecular Hbond substituents is 1. The Labute approximate surface area is 176 Å². The molecule has 0 bridgehead atoms. The van der Waals surface area contributed by atoms with Gasteiger partial charge in [-0.3, -0.25) is 0 Å². The number of hydrogen-bond acceptors (Lipinski definition) is 5. The van der Waals surface area contributed by atoms with Gasteiger partial charge in [-0.05, 0) is 36.8 Å². The van der Waals surface area contributed by atoms with E-state index in [9.17, 15) is 9.50 Å². The van der Waals surface area contributed by atoms with Crippen LogP contribution in [0, 0.1) is 5.82 Å². The molecular formula is C22H29FN4O3. The van der Waals surface area contributed by atoms with Gasteiger partial charge in [0.2, 0.25) is 5.75 Å². The third-order valence-corrected chi connectivity index (χ3v) is 5.06. The lowest BCUT2D eigenvalue weighted by Gasteiger charge is -2.37. The van der Waals surface area contributed by atoms with E-state index in [-0.39, 0.29) is 11.6 Å². The predicted molar refractivity (Wildman–Crippen MR) is 116 cm³/mol. The molecule has 2 aromatic carbocycles. The van der Waals surface area contributed by atoms with E-state index in [0.717, 1.165) is 31.2 Å². The number of guanidine groups is 1. The number of piperazine rings is 1. The number of hydrogen-bond donors (Lipinski definition) is 2. The molecule has 2 aromatic rings. The van der Waals surface area contributed by atoms with E-state index in [4.69, 9.17) is 14.5 Å². The zero-order chi connectivity index (χ0) is 21.5. The van der Waals surface area contributed by atoms with Crippen LogP contribution >= 0.6 is 0 Å². The number of aliphatic imine (C=N–C) groups is 1. The summed E-state index contributed by atoms with van der Waals surface area (Å²) in [6, 6.07) is 10.4. The number of nitrogens with one attached hydrogen (secondary N) is 1. The zero-order valence-electron chi connectivity index (χ0n) is 17.7. The second kappa shape index (κ2) is 10.0. The number of nitrogens with zero attached hydrogens (tertiary/aromatic N) is 3. The summed E-state index contributed by atoms with van der Waals surface area (Å²) in [5, 5.41) is 13.4. The summed E-state index contributed by atoms with van der Waals surface area (Å²) >= 11 is 0. The number of methoxy groups -OCH3 is 2. The highest BCUT2D eigenvalue weighted by Gasteiger charge is 2.21. The number of halogens is 1. The Balaban J connectivity index is 1.71. The summed E-state index contributed by atoms with van der Waals surface area (Å²) in [6.07, 6.45) is 0. The monoisotopic (exact) mass is 416 g/mol. The van der Waals surface area contributed by atoms with Gasteiger partial charge in [-0.1, -0.05) is 12.1 Å². The normalized spacial score (nSPS) is 14.6. The Bertz CT molecular complexity index is 857. The highest BCUT2D eigenvalue weighted by Crippen LogP contribution is 2.37. The highest BCUT2D eigenvalue weighted by molar-refractivity contribution is 5.80. The van der Waals surface area contributed by atoms with Crippen molar-refractivity contribution in [1.29, 1.82) is 0 Å². The Morgan fingerprint density at radius 1 is 1.10 bits per heavy atom. The molecule has 1 fully saturated rings. The SMILES string of the molecule is CCNC(=NCc1cc(OC)c(O)c(OC)c1)N1CCN(c2ccccc2F)CC1. The first-order valence-electron chi connectivity index (χ1n) is 10.0. The number of phenols is 1. The Morgan fingerprint density at radius 2 is 1.73 bits per heavy atom. The van der Waals surface area contributed by atoms with Crippen LogP contribution in [0.25, 0.3) is 0 Å². The summed E-state index contributed by atoms with van der Waals surface area (Å²) in [5.41, 5.74) is 1.50. The van der Waals surface area contributed by atoms with Crippen LogP contribution in [0.15, 0.2) is 41.4 Å². The molecule has 0 amide bonds. The van der Waals surface area contributed by atoms with Gasteiger partial charge in [-0.15, -0.1) is 0 Å². The number of benzene rings is 2. The zero-order valence-corrected chi connectivity index (χ0v) is 17.7. The Morgan fingerprint density at radius 3 is 2.30 bits per heavy atom. The van der Waals surface area contributed by atoms with Gasteiger partial charge in [0.15, 0.2) is 17.5 Å². The second-order valence-electron chi connectivity index (χ2n) is 6.94. The first kappa shape index (κ1) is 21.5. The van der Waals surface area contributed by atoms with Crippen LogP contribution in [0.2, 0.25) is 0 Å². The topological polar surface area (TPSA) is 69.6 Å². The van der Waals surface area contributed by atoms with Crippen LogP contribution in [-0.4, -0.2) is 62.9 Å². The van der Waals surface area contributed by atoms with Crippen molar-refractivity contribution in [2.45, 2.75) is 13.5 Å². The van der Waals surface area contributed by atoms with Gasteiger partial charge < -0.3 is 29.7 Å². The van der Waals surface area contributed by atoms with Crippen molar-refractivity contribution < 1.29 is 19.0 Å². The molecule has 30 heavy (non-hydrogen) atoms. The molecule has 1 heterocycles. The second-order valence-corrected chi connectivity index (χ2v) is 6.94. The molecule has 2 N–H and O–H groups in total. The molecule has 1 saturated heterocycles. The number of aromatic hydroxyl groups is 1. The van der Waals surface area contributed by atoms with Gasteiger partial charge in [0, 0.05) is 32.7 Å². The maximum Gasteiger partial charge on any atom is 0.200 e. The summed E-state index contributed by atoms with van der Waals surface area (Å²) in [4.78, 5) is 8.99. The van der Waals surface area contributed by atoms with E-state index < -0.39 is 0 Å². The molecule has 7 nitrogen and oxygen atoms in total. The van der Waals surface area contributed by atoms with Crippen molar-refractivity contribution in [2.75, 3.05) is 51.8 Å². The van der Waals surface area contributed by atoms with E-state index in [0.29, 0.717) is 36.8 Å². The van der Waals surface area contributed by atoms with E-state index in [2.05, 4.69) is 15.1 Å². The lowest BCUT2D eigenvalue weighted by atomic mass is 10.2. The highest BCUT2D eigenvalue weighted by atomic mass is 19.1. The van der Waals surface area contributed by atoms with Crippen molar-refractivity contribution in [3.8, 4) is 17.2 Å². The summed E-state index contributed by atoms with van der Waals surface area (Å²) in [6.45, 7) is 6.08. The van der Waals surface area contributed by atoms with Crippen molar-refractivity contribution in [3.05, 3.63) is 47.8 Å². The van der Waals surface area contributed by atoms with Crippen LogP contribution in [0.1, 0.15) is 12.5 Å². The van der Waals surface area contributed by atoms with E-state index in [1.165, 1.54) is 20.3 Å². The van der Waals surface area contributed by atoms with E-state index >= 15 is 0 Å². The maximum absolute atomic E-state index is 14.1. The predicted octanol–water partition coefficient (Wildman–Crippen LogP) is 2.84. The van der Waals surface area contributed by atoms with Gasteiger partial charge in [0.1, 0.15) is 5.82 Å². The van der Waals surface area contributed by atoms with Gasteiger partial charge >= 0.3 is 0 Å².